The number of halogens is 3. The Morgan fingerprint density at radius 3 is 2.59 bits per heavy atom. The number of amides is 1. The molecule has 0 saturated carbocycles. The zero-order valence-corrected chi connectivity index (χ0v) is 17.7. The molecule has 2 aliphatic rings. The Bertz CT molecular complexity index is 928. The van der Waals surface area contributed by atoms with E-state index in [1.54, 1.807) is 18.4 Å². The van der Waals surface area contributed by atoms with Gasteiger partial charge in [-0.2, -0.15) is 18.3 Å². The number of hydrogen-bond donors (Lipinski definition) is 1. The van der Waals surface area contributed by atoms with Gasteiger partial charge in [-0.1, -0.05) is 0 Å². The molecular formula is C20H25F3N4O5. The second kappa shape index (κ2) is 9.74. The predicted octanol–water partition coefficient (Wildman–Crippen LogP) is 2.07. The van der Waals surface area contributed by atoms with Crippen LogP contribution in [0.4, 0.5) is 13.2 Å². The average Bonchev–Trinajstić information content (AvgIpc) is 3.36. The van der Waals surface area contributed by atoms with Crippen molar-refractivity contribution >= 4 is 11.9 Å². The van der Waals surface area contributed by atoms with E-state index in [9.17, 15) is 18.0 Å². The van der Waals surface area contributed by atoms with Crippen molar-refractivity contribution in [3.8, 4) is 0 Å². The average molecular weight is 458 g/mol. The molecule has 0 aromatic carbocycles. The van der Waals surface area contributed by atoms with Gasteiger partial charge in [-0.25, -0.2) is 4.79 Å². The van der Waals surface area contributed by atoms with Crippen molar-refractivity contribution in [1.82, 2.24) is 19.6 Å². The zero-order valence-electron chi connectivity index (χ0n) is 17.7. The van der Waals surface area contributed by atoms with E-state index in [4.69, 9.17) is 19.1 Å². The number of likely N-dealkylation sites (tertiary alicyclic amines) is 1. The van der Waals surface area contributed by atoms with Gasteiger partial charge in [-0.15, -0.1) is 0 Å². The van der Waals surface area contributed by atoms with E-state index in [0.29, 0.717) is 18.9 Å². The third-order valence-corrected chi connectivity index (χ3v) is 5.41. The van der Waals surface area contributed by atoms with E-state index in [1.165, 1.54) is 5.56 Å². The molecule has 4 heterocycles. The molecule has 0 unspecified atom stereocenters. The van der Waals surface area contributed by atoms with Gasteiger partial charge in [0.25, 0.3) is 5.91 Å². The number of fused-ring (bicyclic) bond motifs is 1. The van der Waals surface area contributed by atoms with Gasteiger partial charge < -0.3 is 19.2 Å². The molecule has 176 valence electrons. The van der Waals surface area contributed by atoms with Crippen molar-refractivity contribution in [2.75, 3.05) is 26.2 Å². The largest absolute Gasteiger partial charge is 0.490 e. The number of aliphatic carboxylic acids is 1. The van der Waals surface area contributed by atoms with Crippen LogP contribution < -0.4 is 0 Å². The van der Waals surface area contributed by atoms with Crippen LogP contribution in [0.3, 0.4) is 0 Å². The van der Waals surface area contributed by atoms with Gasteiger partial charge in [0.2, 0.25) is 0 Å². The van der Waals surface area contributed by atoms with Crippen molar-refractivity contribution in [2.45, 2.75) is 38.2 Å². The number of piperidine rings is 1. The lowest BCUT2D eigenvalue weighted by Gasteiger charge is -2.46. The maximum atomic E-state index is 12.8. The fraction of sp³-hybridized carbons (Fsp3) is 0.550. The highest BCUT2D eigenvalue weighted by Crippen LogP contribution is 2.26. The molecule has 2 aromatic rings. The van der Waals surface area contributed by atoms with Gasteiger partial charge in [-0.3, -0.25) is 14.4 Å². The number of nitrogens with zero attached hydrogens (tertiary/aromatic N) is 4. The number of carbonyl (C=O) groups is 2. The number of aryl methyl sites for hydroxylation is 2. The Morgan fingerprint density at radius 1 is 1.31 bits per heavy atom. The monoisotopic (exact) mass is 458 g/mol. The molecule has 0 aliphatic carbocycles. The first kappa shape index (κ1) is 23.8. The van der Waals surface area contributed by atoms with Crippen LogP contribution in [0.2, 0.25) is 0 Å². The summed E-state index contributed by atoms with van der Waals surface area (Å²) in [5.41, 5.74) is 2.30. The van der Waals surface area contributed by atoms with Gasteiger partial charge in [0.15, 0.2) is 5.76 Å². The van der Waals surface area contributed by atoms with Crippen molar-refractivity contribution in [3.63, 3.8) is 0 Å². The summed E-state index contributed by atoms with van der Waals surface area (Å²) in [5.74, 6) is -2.39. The minimum absolute atomic E-state index is 0.0392. The second-order valence-corrected chi connectivity index (χ2v) is 7.69. The third kappa shape index (κ3) is 5.68. The molecule has 0 radical (unpaired) electrons. The van der Waals surface area contributed by atoms with Crippen LogP contribution in [0.25, 0.3) is 0 Å². The molecule has 2 saturated heterocycles. The van der Waals surface area contributed by atoms with E-state index < -0.39 is 12.1 Å². The van der Waals surface area contributed by atoms with Gasteiger partial charge in [0.1, 0.15) is 0 Å². The highest BCUT2D eigenvalue weighted by Gasteiger charge is 2.40. The number of morpholine rings is 1. The first-order valence-electron chi connectivity index (χ1n) is 10.0. The molecule has 2 aliphatic heterocycles. The lowest BCUT2D eigenvalue weighted by molar-refractivity contribution is -0.192. The first-order chi connectivity index (χ1) is 15.1. The Balaban J connectivity index is 0.000000360. The van der Waals surface area contributed by atoms with E-state index >= 15 is 0 Å². The molecule has 0 spiro atoms. The first-order valence-corrected chi connectivity index (χ1v) is 10.0. The van der Waals surface area contributed by atoms with Crippen LogP contribution in [-0.2, 0) is 23.1 Å². The van der Waals surface area contributed by atoms with Crippen LogP contribution in [-0.4, -0.2) is 81.1 Å². The fourth-order valence-electron chi connectivity index (χ4n) is 3.92. The number of carboxylic acids is 1. The van der Waals surface area contributed by atoms with Gasteiger partial charge in [0.05, 0.1) is 30.7 Å². The molecule has 12 heteroatoms. The highest BCUT2D eigenvalue weighted by molar-refractivity contribution is 5.91. The smallest absolute Gasteiger partial charge is 0.475 e. The van der Waals surface area contributed by atoms with Crippen LogP contribution in [0.1, 0.15) is 28.2 Å². The Morgan fingerprint density at radius 2 is 2.03 bits per heavy atom. The number of alkyl halides is 3. The Kier molecular flexibility index (Phi) is 7.24. The van der Waals surface area contributed by atoms with Crippen molar-refractivity contribution in [3.05, 3.63) is 41.6 Å². The maximum absolute atomic E-state index is 12.8. The van der Waals surface area contributed by atoms with E-state index in [1.807, 2.05) is 23.6 Å². The Labute approximate surface area is 182 Å². The summed E-state index contributed by atoms with van der Waals surface area (Å²) < 4.78 is 44.8. The Hall–Kier alpha value is -2.86. The van der Waals surface area contributed by atoms with E-state index in [-0.39, 0.29) is 18.1 Å². The summed E-state index contributed by atoms with van der Waals surface area (Å²) >= 11 is 0. The normalized spacial score (nSPS) is 21.5. The molecule has 9 nitrogen and oxygen atoms in total. The minimum Gasteiger partial charge on any atom is -0.475 e. The van der Waals surface area contributed by atoms with Crippen LogP contribution in [0.15, 0.2) is 29.0 Å². The van der Waals surface area contributed by atoms with Crippen molar-refractivity contribution in [2.24, 2.45) is 7.05 Å². The van der Waals surface area contributed by atoms with E-state index in [2.05, 4.69) is 16.2 Å². The SMILES string of the molecule is Cc1nn(C)cc1CN1CC[C@@H]2OCCN(C(=O)c3ccco3)[C@H]2C1.O=C(O)C(F)(F)F. The minimum atomic E-state index is -5.08. The number of carboxylic acid groups (broad SMARTS) is 1. The molecule has 2 fully saturated rings. The second-order valence-electron chi connectivity index (χ2n) is 7.69. The summed E-state index contributed by atoms with van der Waals surface area (Å²) in [6.07, 6.45) is -0.418. The number of hydrogen-bond acceptors (Lipinski definition) is 6. The number of furan rings is 1. The fourth-order valence-corrected chi connectivity index (χ4v) is 3.92. The van der Waals surface area contributed by atoms with E-state index in [0.717, 1.165) is 31.7 Å². The van der Waals surface area contributed by atoms with Crippen molar-refractivity contribution < 1.29 is 37.0 Å². The summed E-state index contributed by atoms with van der Waals surface area (Å²) in [7, 11) is 1.95. The van der Waals surface area contributed by atoms with Gasteiger partial charge in [0, 0.05) is 45.0 Å². The number of aromatic nitrogens is 2. The number of carbonyl (C=O) groups excluding carboxylic acids is 1. The number of ether oxygens (including phenoxy) is 1. The summed E-state index contributed by atoms with van der Waals surface area (Å²) in [4.78, 5) is 26.0. The lowest BCUT2D eigenvalue weighted by atomic mass is 9.98. The quantitative estimate of drug-likeness (QED) is 0.752. The predicted molar refractivity (Wildman–Crippen MR) is 105 cm³/mol. The zero-order chi connectivity index (χ0) is 23.5. The molecule has 1 N–H and O–H groups in total. The lowest BCUT2D eigenvalue weighted by Crippen LogP contribution is -2.61. The maximum Gasteiger partial charge on any atom is 0.490 e. The van der Waals surface area contributed by atoms with Gasteiger partial charge in [-0.05, 0) is 25.5 Å². The summed E-state index contributed by atoms with van der Waals surface area (Å²) in [6.45, 7) is 5.88. The van der Waals surface area contributed by atoms with Crippen LogP contribution in [0, 0.1) is 6.92 Å². The molecule has 2 atom stereocenters. The number of rotatable bonds is 3. The summed E-state index contributed by atoms with van der Waals surface area (Å²) in [5, 5.41) is 11.5. The standard InChI is InChI=1S/C18H24N4O3.C2HF3O2/c1-13-14(10-20(2)19-13)11-21-6-5-16-15(12-21)22(7-9-25-16)18(23)17-4-3-8-24-17;3-2(4,5)1(6)7/h3-4,8,10,15-16H,5-7,9,11-12H2,1-2H3;(H,6,7)/t15-,16-;/m0./s1. The molecule has 2 aromatic heterocycles. The summed E-state index contributed by atoms with van der Waals surface area (Å²) in [6, 6.07) is 3.55. The van der Waals surface area contributed by atoms with Crippen LogP contribution in [0.5, 0.6) is 0 Å². The van der Waals surface area contributed by atoms with Crippen molar-refractivity contribution in [1.29, 1.82) is 0 Å². The third-order valence-electron chi connectivity index (χ3n) is 5.41. The molecule has 0 bridgehead atoms. The van der Waals surface area contributed by atoms with Gasteiger partial charge >= 0.3 is 12.1 Å². The molecular weight excluding hydrogens is 433 g/mol. The molecule has 32 heavy (non-hydrogen) atoms. The highest BCUT2D eigenvalue weighted by atomic mass is 19.4. The van der Waals surface area contributed by atoms with Crippen LogP contribution >= 0.6 is 0 Å². The molecule has 4 rings (SSSR count). The molecule has 1 amide bonds. The topological polar surface area (TPSA) is 101 Å².